The van der Waals surface area contributed by atoms with Gasteiger partial charge < -0.3 is 26.2 Å². The number of urea groups is 1. The second kappa shape index (κ2) is 7.85. The Bertz CT molecular complexity index is 281. The molecule has 0 aromatic carbocycles. The van der Waals surface area contributed by atoms with Crippen molar-refractivity contribution in [1.82, 2.24) is 20.9 Å². The molecule has 0 unspecified atom stereocenters. The van der Waals surface area contributed by atoms with Gasteiger partial charge in [0.15, 0.2) is 6.10 Å². The van der Waals surface area contributed by atoms with Crippen molar-refractivity contribution in [3.63, 3.8) is 0 Å². The van der Waals surface area contributed by atoms with Crippen LogP contribution in [0.25, 0.3) is 0 Å². The first-order valence-corrected chi connectivity index (χ1v) is 5.95. The van der Waals surface area contributed by atoms with Gasteiger partial charge in [0.1, 0.15) is 0 Å². The summed E-state index contributed by atoms with van der Waals surface area (Å²) in [6.07, 6.45) is -1.57. The molecule has 0 aromatic rings. The highest BCUT2D eigenvalue weighted by Crippen LogP contribution is 1.89. The van der Waals surface area contributed by atoms with Gasteiger partial charge in [-0.15, -0.1) is 0 Å². The van der Waals surface area contributed by atoms with E-state index in [1.807, 2.05) is 0 Å². The second-order valence-corrected chi connectivity index (χ2v) is 4.08. The van der Waals surface area contributed by atoms with Crippen molar-refractivity contribution in [2.24, 2.45) is 0 Å². The van der Waals surface area contributed by atoms with E-state index in [1.54, 1.807) is 0 Å². The van der Waals surface area contributed by atoms with Gasteiger partial charge in [-0.2, -0.15) is 0 Å². The number of carboxylic acids is 1. The lowest BCUT2D eigenvalue weighted by molar-refractivity contribution is -0.146. The lowest BCUT2D eigenvalue weighted by atomic mass is 10.3. The summed E-state index contributed by atoms with van der Waals surface area (Å²) in [5, 5.41) is 25.5. The van der Waals surface area contributed by atoms with Crippen molar-refractivity contribution in [3.8, 4) is 0 Å². The molecule has 104 valence electrons. The molecule has 0 aromatic heterocycles. The monoisotopic (exact) mass is 260 g/mol. The number of rotatable bonds is 6. The van der Waals surface area contributed by atoms with Crippen LogP contribution in [0.3, 0.4) is 0 Å². The molecule has 8 heteroatoms. The standard InChI is InChI=1S/C10H20N4O4/c15-8(9(16)17)7-13-10(18)12-3-6-14-4-1-11-2-5-14/h8,11,15H,1-7H2,(H,16,17)(H2,12,13,18)/t8-/m0/s1. The first-order chi connectivity index (χ1) is 8.59. The average molecular weight is 260 g/mol. The Morgan fingerprint density at radius 3 is 2.56 bits per heavy atom. The third kappa shape index (κ3) is 5.80. The number of aliphatic hydroxyl groups is 1. The Kier molecular flexibility index (Phi) is 6.40. The third-order valence-electron chi connectivity index (χ3n) is 2.66. The molecule has 1 saturated heterocycles. The fourth-order valence-electron chi connectivity index (χ4n) is 1.60. The van der Waals surface area contributed by atoms with E-state index in [0.717, 1.165) is 32.7 Å². The number of nitrogens with zero attached hydrogens (tertiary/aromatic N) is 1. The lowest BCUT2D eigenvalue weighted by Gasteiger charge is -2.27. The second-order valence-electron chi connectivity index (χ2n) is 4.08. The number of piperazine rings is 1. The fourth-order valence-corrected chi connectivity index (χ4v) is 1.60. The molecule has 1 atom stereocenters. The molecule has 2 amide bonds. The number of carboxylic acid groups (broad SMARTS) is 1. The van der Waals surface area contributed by atoms with Crippen LogP contribution in [0.1, 0.15) is 0 Å². The lowest BCUT2D eigenvalue weighted by Crippen LogP contribution is -2.48. The Labute approximate surface area is 105 Å². The van der Waals surface area contributed by atoms with Gasteiger partial charge in [-0.25, -0.2) is 9.59 Å². The minimum absolute atomic E-state index is 0.297. The zero-order chi connectivity index (χ0) is 13.4. The van der Waals surface area contributed by atoms with Gasteiger partial charge in [0, 0.05) is 39.3 Å². The predicted octanol–water partition coefficient (Wildman–Crippen LogP) is -2.36. The molecule has 0 aliphatic carbocycles. The summed E-state index contributed by atoms with van der Waals surface area (Å²) in [7, 11) is 0. The molecule has 1 fully saturated rings. The predicted molar refractivity (Wildman–Crippen MR) is 64.4 cm³/mol. The zero-order valence-corrected chi connectivity index (χ0v) is 10.2. The van der Waals surface area contributed by atoms with E-state index >= 15 is 0 Å². The van der Waals surface area contributed by atoms with Crippen molar-refractivity contribution < 1.29 is 19.8 Å². The Balaban J connectivity index is 2.04. The summed E-state index contributed by atoms with van der Waals surface area (Å²) in [6, 6.07) is -0.467. The maximum absolute atomic E-state index is 11.3. The Morgan fingerprint density at radius 1 is 1.28 bits per heavy atom. The molecule has 1 aliphatic rings. The van der Waals surface area contributed by atoms with E-state index in [1.165, 1.54) is 0 Å². The van der Waals surface area contributed by atoms with Crippen LogP contribution in [0.15, 0.2) is 0 Å². The number of hydrogen-bond acceptors (Lipinski definition) is 5. The van der Waals surface area contributed by atoms with Crippen LogP contribution in [0.2, 0.25) is 0 Å². The maximum Gasteiger partial charge on any atom is 0.334 e. The molecule has 0 bridgehead atoms. The number of aliphatic hydroxyl groups excluding tert-OH is 1. The topological polar surface area (TPSA) is 114 Å². The zero-order valence-electron chi connectivity index (χ0n) is 10.2. The average Bonchev–Trinajstić information content (AvgIpc) is 2.37. The first kappa shape index (κ1) is 14.7. The van der Waals surface area contributed by atoms with E-state index in [4.69, 9.17) is 10.2 Å². The van der Waals surface area contributed by atoms with Gasteiger partial charge in [-0.05, 0) is 0 Å². The molecular weight excluding hydrogens is 240 g/mol. The summed E-state index contributed by atoms with van der Waals surface area (Å²) in [5.74, 6) is -1.35. The van der Waals surface area contributed by atoms with Crippen molar-refractivity contribution in [2.45, 2.75) is 6.10 Å². The summed E-state index contributed by atoms with van der Waals surface area (Å²) in [5.41, 5.74) is 0. The fraction of sp³-hybridized carbons (Fsp3) is 0.800. The van der Waals surface area contributed by atoms with Gasteiger partial charge in [0.05, 0.1) is 6.54 Å². The highest BCUT2D eigenvalue weighted by Gasteiger charge is 2.14. The Morgan fingerprint density at radius 2 is 1.94 bits per heavy atom. The number of carbonyl (C=O) groups excluding carboxylic acids is 1. The maximum atomic E-state index is 11.3. The molecule has 18 heavy (non-hydrogen) atoms. The smallest absolute Gasteiger partial charge is 0.334 e. The van der Waals surface area contributed by atoms with Crippen molar-refractivity contribution in [3.05, 3.63) is 0 Å². The Hall–Kier alpha value is -1.38. The van der Waals surface area contributed by atoms with Gasteiger partial charge >= 0.3 is 12.0 Å². The van der Waals surface area contributed by atoms with E-state index < -0.39 is 18.1 Å². The molecule has 0 saturated carbocycles. The normalized spacial score (nSPS) is 18.1. The van der Waals surface area contributed by atoms with Gasteiger partial charge in [-0.1, -0.05) is 0 Å². The highest BCUT2D eigenvalue weighted by atomic mass is 16.4. The van der Waals surface area contributed by atoms with E-state index in [0.29, 0.717) is 6.54 Å². The van der Waals surface area contributed by atoms with Crippen LogP contribution in [0, 0.1) is 0 Å². The minimum Gasteiger partial charge on any atom is -0.479 e. The number of aliphatic carboxylic acids is 1. The van der Waals surface area contributed by atoms with Crippen LogP contribution in [-0.2, 0) is 4.79 Å². The van der Waals surface area contributed by atoms with Crippen LogP contribution in [-0.4, -0.2) is 79.0 Å². The van der Waals surface area contributed by atoms with E-state index in [2.05, 4.69) is 20.9 Å². The molecule has 5 N–H and O–H groups in total. The van der Waals surface area contributed by atoms with E-state index in [9.17, 15) is 9.59 Å². The van der Waals surface area contributed by atoms with Crippen LogP contribution >= 0.6 is 0 Å². The first-order valence-electron chi connectivity index (χ1n) is 5.95. The van der Waals surface area contributed by atoms with Gasteiger partial charge in [-0.3, -0.25) is 4.90 Å². The molecular formula is C10H20N4O4. The number of hydrogen-bond donors (Lipinski definition) is 5. The van der Waals surface area contributed by atoms with Crippen LogP contribution in [0.5, 0.6) is 0 Å². The quantitative estimate of drug-likeness (QED) is 0.365. The number of nitrogens with one attached hydrogen (secondary N) is 3. The highest BCUT2D eigenvalue weighted by molar-refractivity contribution is 5.76. The van der Waals surface area contributed by atoms with Crippen LogP contribution < -0.4 is 16.0 Å². The summed E-state index contributed by atoms with van der Waals surface area (Å²) < 4.78 is 0. The van der Waals surface area contributed by atoms with Crippen molar-refractivity contribution in [2.75, 3.05) is 45.8 Å². The summed E-state index contributed by atoms with van der Waals surface area (Å²) >= 11 is 0. The molecule has 1 aliphatic heterocycles. The largest absolute Gasteiger partial charge is 0.479 e. The molecule has 1 rings (SSSR count). The summed E-state index contributed by atoms with van der Waals surface area (Å²) in [6.45, 7) is 4.79. The van der Waals surface area contributed by atoms with Crippen LogP contribution in [0.4, 0.5) is 4.79 Å². The SMILES string of the molecule is O=C(NCCN1CCNCC1)NC[C@H](O)C(=O)O. The summed E-state index contributed by atoms with van der Waals surface area (Å²) in [4.78, 5) is 23.8. The third-order valence-corrected chi connectivity index (χ3v) is 2.66. The molecule has 8 nitrogen and oxygen atoms in total. The van der Waals surface area contributed by atoms with Gasteiger partial charge in [0.2, 0.25) is 0 Å². The minimum atomic E-state index is -1.57. The molecule has 0 spiro atoms. The molecule has 1 heterocycles. The van der Waals surface area contributed by atoms with Gasteiger partial charge in [0.25, 0.3) is 0 Å². The molecule has 0 radical (unpaired) electrons. The van der Waals surface area contributed by atoms with Crippen molar-refractivity contribution in [1.29, 1.82) is 0 Å². The van der Waals surface area contributed by atoms with E-state index in [-0.39, 0.29) is 6.54 Å². The number of amides is 2. The van der Waals surface area contributed by atoms with Crippen molar-refractivity contribution >= 4 is 12.0 Å². The number of carbonyl (C=O) groups is 2.